The summed E-state index contributed by atoms with van der Waals surface area (Å²) in [5.74, 6) is 0.423. The van der Waals surface area contributed by atoms with E-state index in [2.05, 4.69) is 42.0 Å². The van der Waals surface area contributed by atoms with Crippen LogP contribution in [0.25, 0.3) is 0 Å². The third-order valence-corrected chi connectivity index (χ3v) is 4.84. The first-order chi connectivity index (χ1) is 8.59. The Labute approximate surface area is 125 Å². The van der Waals surface area contributed by atoms with Gasteiger partial charge in [-0.3, -0.25) is 4.79 Å². The number of thiophene rings is 1. The van der Waals surface area contributed by atoms with Gasteiger partial charge in [-0.05, 0) is 37.4 Å². The smallest absolute Gasteiger partial charge is 0.223 e. The van der Waals surface area contributed by atoms with Gasteiger partial charge in [-0.2, -0.15) is 0 Å². The second-order valence-corrected chi connectivity index (χ2v) is 6.55. The van der Waals surface area contributed by atoms with Gasteiger partial charge in [0.1, 0.15) is 0 Å². The van der Waals surface area contributed by atoms with Crippen LogP contribution in [0.3, 0.4) is 0 Å². The fourth-order valence-corrected chi connectivity index (χ4v) is 3.14. The van der Waals surface area contributed by atoms with Crippen molar-refractivity contribution in [3.63, 3.8) is 0 Å². The van der Waals surface area contributed by atoms with Gasteiger partial charge in [0.05, 0.1) is 0 Å². The van der Waals surface area contributed by atoms with Crippen LogP contribution in [0.1, 0.15) is 31.6 Å². The van der Waals surface area contributed by atoms with E-state index >= 15 is 0 Å². The van der Waals surface area contributed by atoms with Crippen LogP contribution in [0.5, 0.6) is 0 Å². The lowest BCUT2D eigenvalue weighted by Gasteiger charge is -2.27. The number of rotatable bonds is 4. The van der Waals surface area contributed by atoms with E-state index in [9.17, 15) is 4.79 Å². The normalized spacial score (nSPS) is 16.7. The summed E-state index contributed by atoms with van der Waals surface area (Å²) in [6.45, 7) is 7.01. The largest absolute Gasteiger partial charge is 0.355 e. The molecular formula is C14H23ClN2OS. The second-order valence-electron chi connectivity index (χ2n) is 5.60. The molecule has 0 saturated carbocycles. The average molecular weight is 303 g/mol. The maximum Gasteiger partial charge on any atom is 0.223 e. The Kier molecular flexibility index (Phi) is 6.30. The summed E-state index contributed by atoms with van der Waals surface area (Å²) in [6, 6.07) is 4.21. The molecule has 108 valence electrons. The van der Waals surface area contributed by atoms with Gasteiger partial charge < -0.3 is 10.6 Å². The molecule has 0 spiro atoms. The van der Waals surface area contributed by atoms with Crippen LogP contribution >= 0.6 is 23.7 Å². The molecule has 2 N–H and O–H groups in total. The Morgan fingerprint density at radius 1 is 1.47 bits per heavy atom. The maximum atomic E-state index is 12.1. The fourth-order valence-electron chi connectivity index (χ4n) is 2.29. The van der Waals surface area contributed by atoms with Gasteiger partial charge in [-0.15, -0.1) is 23.7 Å². The zero-order chi connectivity index (χ0) is 13.0. The Hall–Kier alpha value is -0.580. The van der Waals surface area contributed by atoms with Gasteiger partial charge in [0.15, 0.2) is 0 Å². The molecule has 0 atom stereocenters. The predicted octanol–water partition coefficient (Wildman–Crippen LogP) is 2.56. The van der Waals surface area contributed by atoms with Crippen LogP contribution < -0.4 is 10.6 Å². The van der Waals surface area contributed by atoms with Gasteiger partial charge in [0, 0.05) is 22.8 Å². The molecule has 1 amide bonds. The van der Waals surface area contributed by atoms with E-state index in [0.29, 0.717) is 0 Å². The topological polar surface area (TPSA) is 41.1 Å². The van der Waals surface area contributed by atoms with Gasteiger partial charge in [-0.25, -0.2) is 0 Å². The van der Waals surface area contributed by atoms with Gasteiger partial charge in [0.25, 0.3) is 0 Å². The molecule has 1 fully saturated rings. The monoisotopic (exact) mass is 302 g/mol. The summed E-state index contributed by atoms with van der Waals surface area (Å²) >= 11 is 1.76. The van der Waals surface area contributed by atoms with Gasteiger partial charge >= 0.3 is 0 Å². The zero-order valence-electron chi connectivity index (χ0n) is 11.6. The summed E-state index contributed by atoms with van der Waals surface area (Å²) in [7, 11) is 0. The quantitative estimate of drug-likeness (QED) is 0.897. The number of hydrogen-bond donors (Lipinski definition) is 2. The van der Waals surface area contributed by atoms with Crippen LogP contribution in [0, 0.1) is 5.92 Å². The van der Waals surface area contributed by atoms with Crippen molar-refractivity contribution in [3.05, 3.63) is 22.4 Å². The number of piperidine rings is 1. The molecule has 1 aliphatic heterocycles. The number of carbonyl (C=O) groups excluding carboxylic acids is 1. The van der Waals surface area contributed by atoms with Crippen molar-refractivity contribution in [1.82, 2.24) is 10.6 Å². The third kappa shape index (κ3) is 4.48. The minimum Gasteiger partial charge on any atom is -0.355 e. The van der Waals surface area contributed by atoms with Crippen LogP contribution in [0.4, 0.5) is 0 Å². The summed E-state index contributed by atoms with van der Waals surface area (Å²) < 4.78 is 0. The first kappa shape index (κ1) is 16.5. The van der Waals surface area contributed by atoms with Crippen molar-refractivity contribution in [3.8, 4) is 0 Å². The highest BCUT2D eigenvalue weighted by atomic mass is 35.5. The number of halogens is 1. The standard InChI is InChI=1S/C14H22N2OS.ClH/c1-14(2,12-4-3-9-18-12)10-16-13(17)11-5-7-15-8-6-11;/h3-4,9,11,15H,5-8,10H2,1-2H3,(H,16,17);1H. The average Bonchev–Trinajstić information content (AvgIpc) is 2.92. The maximum absolute atomic E-state index is 12.1. The molecule has 19 heavy (non-hydrogen) atoms. The molecule has 2 rings (SSSR count). The van der Waals surface area contributed by atoms with Crippen molar-refractivity contribution in [2.24, 2.45) is 5.92 Å². The lowest BCUT2D eigenvalue weighted by atomic mass is 9.90. The van der Waals surface area contributed by atoms with Crippen LogP contribution in [0.15, 0.2) is 17.5 Å². The van der Waals surface area contributed by atoms with Crippen LogP contribution in [-0.4, -0.2) is 25.5 Å². The third-order valence-electron chi connectivity index (χ3n) is 3.60. The summed E-state index contributed by atoms with van der Waals surface area (Å²) in [4.78, 5) is 13.4. The molecule has 5 heteroatoms. The molecule has 2 heterocycles. The Morgan fingerprint density at radius 2 is 2.16 bits per heavy atom. The van der Waals surface area contributed by atoms with E-state index in [0.717, 1.165) is 32.5 Å². The summed E-state index contributed by atoms with van der Waals surface area (Å²) in [5.41, 5.74) is 0.0245. The second kappa shape index (κ2) is 7.27. The molecule has 0 unspecified atom stereocenters. The number of amides is 1. The van der Waals surface area contributed by atoms with Crippen molar-refractivity contribution >= 4 is 29.7 Å². The molecule has 1 aliphatic rings. The van der Waals surface area contributed by atoms with E-state index in [1.165, 1.54) is 4.88 Å². The van der Waals surface area contributed by atoms with Gasteiger partial charge in [-0.1, -0.05) is 19.9 Å². The minimum atomic E-state index is 0. The molecule has 1 aromatic heterocycles. The van der Waals surface area contributed by atoms with Crippen LogP contribution in [0.2, 0.25) is 0 Å². The highest BCUT2D eigenvalue weighted by Crippen LogP contribution is 2.26. The van der Waals surface area contributed by atoms with Crippen LogP contribution in [-0.2, 0) is 10.2 Å². The number of nitrogens with one attached hydrogen (secondary N) is 2. The number of hydrogen-bond acceptors (Lipinski definition) is 3. The highest BCUT2D eigenvalue weighted by molar-refractivity contribution is 7.10. The zero-order valence-corrected chi connectivity index (χ0v) is 13.2. The van der Waals surface area contributed by atoms with Gasteiger partial charge in [0.2, 0.25) is 5.91 Å². The lowest BCUT2D eigenvalue weighted by Crippen LogP contribution is -2.42. The van der Waals surface area contributed by atoms with Crippen molar-refractivity contribution in [1.29, 1.82) is 0 Å². The Balaban J connectivity index is 0.00000180. The SMILES string of the molecule is CC(C)(CNC(=O)C1CCNCC1)c1cccs1.Cl. The van der Waals surface area contributed by atoms with E-state index in [4.69, 9.17) is 0 Å². The molecular weight excluding hydrogens is 280 g/mol. The Morgan fingerprint density at radius 3 is 2.74 bits per heavy atom. The molecule has 0 aliphatic carbocycles. The molecule has 0 radical (unpaired) electrons. The lowest BCUT2D eigenvalue weighted by molar-refractivity contribution is -0.125. The van der Waals surface area contributed by atoms with E-state index in [1.807, 2.05) is 0 Å². The molecule has 0 aromatic carbocycles. The van der Waals surface area contributed by atoms with E-state index in [-0.39, 0.29) is 29.6 Å². The molecule has 0 bridgehead atoms. The molecule has 1 aromatic rings. The first-order valence-electron chi connectivity index (χ1n) is 6.62. The van der Waals surface area contributed by atoms with Crippen molar-refractivity contribution in [2.45, 2.75) is 32.1 Å². The first-order valence-corrected chi connectivity index (χ1v) is 7.50. The fraction of sp³-hybridized carbons (Fsp3) is 0.643. The molecule has 1 saturated heterocycles. The predicted molar refractivity (Wildman–Crippen MR) is 83.2 cm³/mol. The van der Waals surface area contributed by atoms with Crippen molar-refractivity contribution in [2.75, 3.05) is 19.6 Å². The Bertz CT molecular complexity index is 386. The molecule has 3 nitrogen and oxygen atoms in total. The van der Waals surface area contributed by atoms with E-state index in [1.54, 1.807) is 11.3 Å². The van der Waals surface area contributed by atoms with Crippen molar-refractivity contribution < 1.29 is 4.79 Å². The summed E-state index contributed by atoms with van der Waals surface area (Å²) in [5, 5.41) is 8.50. The minimum absolute atomic E-state index is 0. The number of carbonyl (C=O) groups is 1. The van der Waals surface area contributed by atoms with E-state index < -0.39 is 0 Å². The highest BCUT2D eigenvalue weighted by Gasteiger charge is 2.25. The summed E-state index contributed by atoms with van der Waals surface area (Å²) in [6.07, 6.45) is 1.93.